The highest BCUT2D eigenvalue weighted by Gasteiger charge is 2.18. The quantitative estimate of drug-likeness (QED) is 0.359. The average Bonchev–Trinajstić information content (AvgIpc) is 2.82. The fourth-order valence-corrected chi connectivity index (χ4v) is 2.65. The second kappa shape index (κ2) is 13.9. The van der Waals surface area contributed by atoms with Gasteiger partial charge >= 0.3 is 5.97 Å². The normalized spacial score (nSPS) is 9.39. The standard InChI is InChI=1S/C19H17ClN4O3.2C2H6/c1-3-27-18(25)13-11-22-19(20)24-17(13)23-15-9-6-7-12(16(15)26-2)14-8-4-5-10-21-14;2*1-2/h4-11H,3H2,1-2H3,(H,22,23,24);2*1-2H3. The van der Waals surface area contributed by atoms with Crippen LogP contribution in [0, 0.1) is 0 Å². The average molecular weight is 445 g/mol. The number of hydrogen-bond acceptors (Lipinski definition) is 7. The third kappa shape index (κ3) is 6.93. The van der Waals surface area contributed by atoms with Gasteiger partial charge in [0.1, 0.15) is 11.4 Å². The Labute approximate surface area is 188 Å². The minimum Gasteiger partial charge on any atom is -0.494 e. The number of anilines is 2. The van der Waals surface area contributed by atoms with Gasteiger partial charge in [-0.05, 0) is 42.8 Å². The number of carbonyl (C=O) groups excluding carboxylic acids is 1. The molecule has 0 amide bonds. The van der Waals surface area contributed by atoms with Crippen LogP contribution < -0.4 is 10.1 Å². The number of rotatable bonds is 6. The van der Waals surface area contributed by atoms with Crippen LogP contribution in [-0.4, -0.2) is 34.6 Å². The van der Waals surface area contributed by atoms with Crippen molar-refractivity contribution in [2.75, 3.05) is 19.0 Å². The largest absolute Gasteiger partial charge is 0.494 e. The lowest BCUT2D eigenvalue weighted by Gasteiger charge is -2.16. The molecule has 0 bridgehead atoms. The molecule has 31 heavy (non-hydrogen) atoms. The Morgan fingerprint density at radius 2 is 1.81 bits per heavy atom. The highest BCUT2D eigenvalue weighted by molar-refractivity contribution is 6.28. The Kier molecular flexibility index (Phi) is 11.6. The van der Waals surface area contributed by atoms with Gasteiger partial charge in [0.25, 0.3) is 0 Å². The van der Waals surface area contributed by atoms with Crippen molar-refractivity contribution in [2.24, 2.45) is 0 Å². The van der Waals surface area contributed by atoms with E-state index >= 15 is 0 Å². The summed E-state index contributed by atoms with van der Waals surface area (Å²) in [6, 6.07) is 11.2. The fraction of sp³-hybridized carbons (Fsp3) is 0.304. The summed E-state index contributed by atoms with van der Waals surface area (Å²) in [5.74, 6) is 0.238. The van der Waals surface area contributed by atoms with E-state index in [-0.39, 0.29) is 23.3 Å². The molecule has 0 saturated carbocycles. The molecule has 3 aromatic rings. The number of halogens is 1. The molecule has 2 heterocycles. The van der Waals surface area contributed by atoms with Crippen molar-refractivity contribution in [2.45, 2.75) is 34.6 Å². The van der Waals surface area contributed by atoms with E-state index in [0.717, 1.165) is 11.3 Å². The van der Waals surface area contributed by atoms with Crippen LogP contribution in [0.1, 0.15) is 45.0 Å². The summed E-state index contributed by atoms with van der Waals surface area (Å²) in [4.78, 5) is 24.5. The summed E-state index contributed by atoms with van der Waals surface area (Å²) in [6.45, 7) is 9.96. The monoisotopic (exact) mass is 444 g/mol. The molecule has 8 heteroatoms. The Hall–Kier alpha value is -3.19. The van der Waals surface area contributed by atoms with Crippen LogP contribution in [0.2, 0.25) is 5.28 Å². The molecule has 0 aliphatic heterocycles. The first-order valence-electron chi connectivity index (χ1n) is 10.2. The second-order valence-corrected chi connectivity index (χ2v) is 5.69. The zero-order valence-corrected chi connectivity index (χ0v) is 19.5. The first-order chi connectivity index (χ1) is 15.1. The Balaban J connectivity index is 0.00000113. The highest BCUT2D eigenvalue weighted by atomic mass is 35.5. The number of hydrogen-bond donors (Lipinski definition) is 1. The topological polar surface area (TPSA) is 86.2 Å². The summed E-state index contributed by atoms with van der Waals surface area (Å²) in [5.41, 5.74) is 2.32. The molecule has 0 spiro atoms. The molecule has 0 aliphatic carbocycles. The number of para-hydroxylation sites is 1. The lowest BCUT2D eigenvalue weighted by Crippen LogP contribution is -2.10. The Morgan fingerprint density at radius 3 is 2.42 bits per heavy atom. The van der Waals surface area contributed by atoms with Crippen LogP contribution in [-0.2, 0) is 4.74 Å². The van der Waals surface area contributed by atoms with Crippen LogP contribution in [0.15, 0.2) is 48.8 Å². The number of benzene rings is 1. The molecule has 0 fully saturated rings. The molecule has 7 nitrogen and oxygen atoms in total. The number of nitrogens with one attached hydrogen (secondary N) is 1. The van der Waals surface area contributed by atoms with Gasteiger partial charge in [-0.15, -0.1) is 0 Å². The van der Waals surface area contributed by atoms with Crippen molar-refractivity contribution in [3.63, 3.8) is 0 Å². The van der Waals surface area contributed by atoms with E-state index < -0.39 is 5.97 Å². The third-order valence-electron chi connectivity index (χ3n) is 3.67. The summed E-state index contributed by atoms with van der Waals surface area (Å²) in [6.07, 6.45) is 3.03. The molecule has 166 valence electrons. The van der Waals surface area contributed by atoms with E-state index in [2.05, 4.69) is 20.3 Å². The number of methoxy groups -OCH3 is 1. The zero-order chi connectivity index (χ0) is 23.2. The van der Waals surface area contributed by atoms with Crippen LogP contribution >= 0.6 is 11.6 Å². The lowest BCUT2D eigenvalue weighted by atomic mass is 10.1. The molecular weight excluding hydrogens is 416 g/mol. The summed E-state index contributed by atoms with van der Waals surface area (Å²) < 4.78 is 10.6. The van der Waals surface area contributed by atoms with E-state index in [0.29, 0.717) is 11.4 Å². The molecule has 0 unspecified atom stereocenters. The molecular formula is C23H29ClN4O3. The molecule has 0 radical (unpaired) electrons. The third-order valence-corrected chi connectivity index (χ3v) is 3.85. The number of carbonyl (C=O) groups is 1. The molecule has 0 atom stereocenters. The van der Waals surface area contributed by atoms with Gasteiger partial charge in [0.2, 0.25) is 5.28 Å². The first kappa shape index (κ1) is 25.8. The van der Waals surface area contributed by atoms with Gasteiger partial charge in [-0.1, -0.05) is 39.8 Å². The SMILES string of the molecule is CC.CC.CCOC(=O)c1cnc(Cl)nc1Nc1cccc(-c2ccccn2)c1OC. The molecule has 0 saturated heterocycles. The van der Waals surface area contributed by atoms with Gasteiger partial charge < -0.3 is 14.8 Å². The first-order valence-corrected chi connectivity index (χ1v) is 10.6. The predicted octanol–water partition coefficient (Wildman–Crippen LogP) is 6.17. The Morgan fingerprint density at radius 1 is 1.06 bits per heavy atom. The van der Waals surface area contributed by atoms with Crippen LogP contribution in [0.4, 0.5) is 11.5 Å². The van der Waals surface area contributed by atoms with Gasteiger partial charge in [-0.3, -0.25) is 4.98 Å². The Bertz CT molecular complexity index is 953. The van der Waals surface area contributed by atoms with Crippen LogP contribution in [0.3, 0.4) is 0 Å². The highest BCUT2D eigenvalue weighted by Crippen LogP contribution is 2.37. The maximum absolute atomic E-state index is 12.2. The van der Waals surface area contributed by atoms with Crippen molar-refractivity contribution >= 4 is 29.1 Å². The number of nitrogens with zero attached hydrogens (tertiary/aromatic N) is 3. The van der Waals surface area contributed by atoms with E-state index in [1.54, 1.807) is 26.3 Å². The van der Waals surface area contributed by atoms with Crippen molar-refractivity contribution < 1.29 is 14.3 Å². The summed E-state index contributed by atoms with van der Waals surface area (Å²) in [5, 5.41) is 3.10. The van der Waals surface area contributed by atoms with Crippen molar-refractivity contribution in [1.29, 1.82) is 0 Å². The van der Waals surface area contributed by atoms with Crippen molar-refractivity contribution in [3.05, 3.63) is 59.6 Å². The van der Waals surface area contributed by atoms with E-state index in [9.17, 15) is 4.79 Å². The molecule has 3 rings (SSSR count). The van der Waals surface area contributed by atoms with Crippen molar-refractivity contribution in [1.82, 2.24) is 15.0 Å². The second-order valence-electron chi connectivity index (χ2n) is 5.35. The van der Waals surface area contributed by atoms with Crippen LogP contribution in [0.5, 0.6) is 5.75 Å². The van der Waals surface area contributed by atoms with Gasteiger partial charge in [0.05, 0.1) is 25.1 Å². The summed E-state index contributed by atoms with van der Waals surface area (Å²) in [7, 11) is 1.56. The van der Waals surface area contributed by atoms with Gasteiger partial charge in [-0.2, -0.15) is 4.98 Å². The minimum atomic E-state index is -0.545. The summed E-state index contributed by atoms with van der Waals surface area (Å²) >= 11 is 5.91. The number of esters is 1. The number of pyridine rings is 1. The lowest BCUT2D eigenvalue weighted by molar-refractivity contribution is 0.0526. The number of ether oxygens (including phenoxy) is 2. The van der Waals surface area contributed by atoms with E-state index in [1.807, 2.05) is 58.0 Å². The van der Waals surface area contributed by atoms with E-state index in [1.165, 1.54) is 6.20 Å². The fourth-order valence-electron chi connectivity index (χ4n) is 2.52. The van der Waals surface area contributed by atoms with Crippen LogP contribution in [0.25, 0.3) is 11.3 Å². The maximum atomic E-state index is 12.2. The van der Waals surface area contributed by atoms with E-state index in [4.69, 9.17) is 21.1 Å². The minimum absolute atomic E-state index is 0.00500. The molecule has 2 aromatic heterocycles. The molecule has 0 aliphatic rings. The zero-order valence-electron chi connectivity index (χ0n) is 18.8. The number of aromatic nitrogens is 3. The van der Waals surface area contributed by atoms with Gasteiger partial charge in [0, 0.05) is 18.0 Å². The molecule has 1 aromatic carbocycles. The van der Waals surface area contributed by atoms with Gasteiger partial charge in [-0.25, -0.2) is 9.78 Å². The van der Waals surface area contributed by atoms with Gasteiger partial charge in [0.15, 0.2) is 5.75 Å². The molecule has 1 N–H and O–H groups in total. The van der Waals surface area contributed by atoms with Crippen molar-refractivity contribution in [3.8, 4) is 17.0 Å². The smallest absolute Gasteiger partial charge is 0.343 e. The maximum Gasteiger partial charge on any atom is 0.343 e. The predicted molar refractivity (Wildman–Crippen MR) is 125 cm³/mol.